The Kier molecular flexibility index (Phi) is 6.27. The van der Waals surface area contributed by atoms with E-state index in [1.54, 1.807) is 19.2 Å². The van der Waals surface area contributed by atoms with Gasteiger partial charge in [-0.1, -0.05) is 0 Å². The fourth-order valence-electron chi connectivity index (χ4n) is 4.19. The number of fused-ring (bicyclic) bond motifs is 2. The maximum atomic E-state index is 12.7. The van der Waals surface area contributed by atoms with Gasteiger partial charge in [0.1, 0.15) is 0 Å². The smallest absolute Gasteiger partial charge is 0.251 e. The van der Waals surface area contributed by atoms with Gasteiger partial charge in [-0.3, -0.25) is 9.59 Å². The van der Waals surface area contributed by atoms with Crippen molar-refractivity contribution < 1.29 is 14.3 Å². The van der Waals surface area contributed by atoms with Crippen LogP contribution in [0.3, 0.4) is 0 Å². The number of nitrogens with one attached hydrogen (secondary N) is 2. The van der Waals surface area contributed by atoms with Crippen LogP contribution in [0, 0.1) is 0 Å². The summed E-state index contributed by atoms with van der Waals surface area (Å²) in [5.41, 5.74) is 7.43. The molecule has 2 aliphatic heterocycles. The average molecular weight is 359 g/mol. The lowest BCUT2D eigenvalue weighted by atomic mass is 9.97. The number of hydrogen-bond donors (Lipinski definition) is 3. The minimum Gasteiger partial charge on any atom is -0.385 e. The van der Waals surface area contributed by atoms with Gasteiger partial charge in [-0.2, -0.15) is 0 Å². The molecule has 6 nitrogen and oxygen atoms in total. The Balaban J connectivity index is 1.66. The van der Waals surface area contributed by atoms with Crippen LogP contribution < -0.4 is 16.4 Å². The Morgan fingerprint density at radius 2 is 1.96 bits per heavy atom. The van der Waals surface area contributed by atoms with E-state index in [2.05, 4.69) is 10.6 Å². The van der Waals surface area contributed by atoms with Crippen LogP contribution in [0.4, 0.5) is 0 Å². The number of hydrogen-bond acceptors (Lipinski definition) is 4. The van der Waals surface area contributed by atoms with Crippen LogP contribution in [0.1, 0.15) is 64.8 Å². The van der Waals surface area contributed by atoms with Crippen LogP contribution in [-0.4, -0.2) is 43.7 Å². The van der Waals surface area contributed by atoms with Crippen LogP contribution in [0.2, 0.25) is 0 Å². The minimum absolute atomic E-state index is 0.0644. The molecular weight excluding hydrogens is 330 g/mol. The van der Waals surface area contributed by atoms with E-state index in [-0.39, 0.29) is 11.9 Å². The molecule has 2 bridgehead atoms. The Morgan fingerprint density at radius 1 is 1.23 bits per heavy atom. The Bertz CT molecular complexity index is 650. The molecule has 0 aromatic heterocycles. The third-order valence-electron chi connectivity index (χ3n) is 5.49. The van der Waals surface area contributed by atoms with E-state index in [0.29, 0.717) is 36.2 Å². The van der Waals surface area contributed by atoms with Gasteiger partial charge >= 0.3 is 0 Å². The van der Waals surface area contributed by atoms with E-state index in [1.165, 1.54) is 12.8 Å². The van der Waals surface area contributed by atoms with Crippen molar-refractivity contribution in [1.29, 1.82) is 0 Å². The largest absolute Gasteiger partial charge is 0.385 e. The number of ether oxygens (including phenoxy) is 1. The molecule has 2 amide bonds. The van der Waals surface area contributed by atoms with Crippen molar-refractivity contribution in [2.75, 3.05) is 13.7 Å². The monoisotopic (exact) mass is 359 g/mol. The number of primary amides is 1. The van der Waals surface area contributed by atoms with Gasteiger partial charge in [-0.25, -0.2) is 0 Å². The molecule has 0 aliphatic carbocycles. The number of nitrogens with two attached hydrogens (primary N) is 1. The first-order valence-corrected chi connectivity index (χ1v) is 9.55. The molecule has 26 heavy (non-hydrogen) atoms. The number of amides is 2. The number of benzene rings is 1. The number of carbonyl (C=O) groups excluding carboxylic acids is 2. The lowest BCUT2D eigenvalue weighted by Crippen LogP contribution is -2.48. The Labute approximate surface area is 154 Å². The van der Waals surface area contributed by atoms with Crippen LogP contribution in [0.5, 0.6) is 0 Å². The van der Waals surface area contributed by atoms with E-state index < -0.39 is 5.91 Å². The predicted molar refractivity (Wildman–Crippen MR) is 100 cm³/mol. The highest BCUT2D eigenvalue weighted by Gasteiger charge is 2.34. The lowest BCUT2D eigenvalue weighted by Gasteiger charge is -2.29. The van der Waals surface area contributed by atoms with Crippen LogP contribution in [-0.2, 0) is 11.2 Å². The second-order valence-electron chi connectivity index (χ2n) is 7.47. The van der Waals surface area contributed by atoms with Gasteiger partial charge < -0.3 is 21.1 Å². The van der Waals surface area contributed by atoms with E-state index in [4.69, 9.17) is 10.5 Å². The van der Waals surface area contributed by atoms with Gasteiger partial charge in [0.25, 0.3) is 5.91 Å². The van der Waals surface area contributed by atoms with Gasteiger partial charge in [0.15, 0.2) is 0 Å². The second kappa shape index (κ2) is 8.64. The van der Waals surface area contributed by atoms with Crippen LogP contribution in [0.25, 0.3) is 0 Å². The number of methoxy groups -OCH3 is 1. The average Bonchev–Trinajstić information content (AvgIpc) is 2.96. The predicted octanol–water partition coefficient (Wildman–Crippen LogP) is 1.77. The summed E-state index contributed by atoms with van der Waals surface area (Å²) < 4.78 is 5.07. The molecule has 2 atom stereocenters. The molecule has 0 radical (unpaired) electrons. The van der Waals surface area contributed by atoms with Crippen LogP contribution in [0.15, 0.2) is 18.2 Å². The first-order chi connectivity index (χ1) is 12.6. The molecule has 2 aliphatic rings. The Hall–Kier alpha value is -1.92. The number of carbonyl (C=O) groups is 2. The van der Waals surface area contributed by atoms with E-state index in [0.717, 1.165) is 31.2 Å². The third kappa shape index (κ3) is 4.62. The standard InChI is InChI=1S/C20H29N3O3/c1-26-9-3-2-4-13-10-14(5-8-18(13)19(21)24)20(25)23-17-11-15-6-7-16(12-17)22-15/h5,8,10,15-17,22H,2-4,6-7,9,11-12H2,1H3,(H2,21,24)(H,23,25). The topological polar surface area (TPSA) is 93.4 Å². The highest BCUT2D eigenvalue weighted by molar-refractivity contribution is 5.98. The summed E-state index contributed by atoms with van der Waals surface area (Å²) in [6, 6.07) is 6.49. The summed E-state index contributed by atoms with van der Waals surface area (Å²) in [5.74, 6) is -0.515. The van der Waals surface area contributed by atoms with Crippen molar-refractivity contribution in [3.05, 3.63) is 34.9 Å². The zero-order valence-electron chi connectivity index (χ0n) is 15.4. The maximum Gasteiger partial charge on any atom is 0.251 e. The Morgan fingerprint density at radius 3 is 2.62 bits per heavy atom. The van der Waals surface area contributed by atoms with Crippen molar-refractivity contribution in [3.63, 3.8) is 0 Å². The molecule has 6 heteroatoms. The zero-order valence-corrected chi connectivity index (χ0v) is 15.4. The third-order valence-corrected chi connectivity index (χ3v) is 5.49. The summed E-state index contributed by atoms with van der Waals surface area (Å²) in [6.45, 7) is 0.685. The van der Waals surface area contributed by atoms with E-state index >= 15 is 0 Å². The van der Waals surface area contributed by atoms with Crippen molar-refractivity contribution in [2.45, 2.75) is 63.1 Å². The molecule has 3 rings (SSSR count). The van der Waals surface area contributed by atoms with E-state index in [1.807, 2.05) is 6.07 Å². The molecule has 2 fully saturated rings. The molecule has 0 spiro atoms. The zero-order chi connectivity index (χ0) is 18.5. The number of rotatable bonds is 8. The summed E-state index contributed by atoms with van der Waals surface area (Å²) in [7, 11) is 1.67. The molecule has 1 aromatic rings. The molecule has 4 N–H and O–H groups in total. The molecule has 2 saturated heterocycles. The quantitative estimate of drug-likeness (QED) is 0.617. The summed E-state index contributed by atoms with van der Waals surface area (Å²) >= 11 is 0. The molecule has 142 valence electrons. The summed E-state index contributed by atoms with van der Waals surface area (Å²) in [4.78, 5) is 24.4. The highest BCUT2D eigenvalue weighted by Crippen LogP contribution is 2.27. The summed E-state index contributed by atoms with van der Waals surface area (Å²) in [6.07, 6.45) is 6.89. The van der Waals surface area contributed by atoms with Gasteiger partial charge in [0.05, 0.1) is 0 Å². The molecular formula is C20H29N3O3. The molecule has 2 unspecified atom stereocenters. The SMILES string of the molecule is COCCCCc1cc(C(=O)NC2CC3CCC(C2)N3)ccc1C(N)=O. The maximum absolute atomic E-state index is 12.7. The van der Waals surface area contributed by atoms with Gasteiger partial charge in [-0.05, 0) is 68.7 Å². The highest BCUT2D eigenvalue weighted by atomic mass is 16.5. The van der Waals surface area contributed by atoms with Crippen molar-refractivity contribution in [1.82, 2.24) is 10.6 Å². The van der Waals surface area contributed by atoms with Crippen molar-refractivity contribution in [2.24, 2.45) is 5.73 Å². The normalized spacial score (nSPS) is 24.4. The van der Waals surface area contributed by atoms with Crippen molar-refractivity contribution in [3.8, 4) is 0 Å². The first-order valence-electron chi connectivity index (χ1n) is 9.55. The van der Waals surface area contributed by atoms with Crippen molar-refractivity contribution >= 4 is 11.8 Å². The minimum atomic E-state index is -0.450. The molecule has 2 heterocycles. The van der Waals surface area contributed by atoms with Gasteiger partial charge in [0.2, 0.25) is 5.91 Å². The summed E-state index contributed by atoms with van der Waals surface area (Å²) in [5, 5.41) is 6.76. The molecule has 1 aromatic carbocycles. The van der Waals surface area contributed by atoms with Crippen LogP contribution >= 0.6 is 0 Å². The van der Waals surface area contributed by atoms with E-state index in [9.17, 15) is 9.59 Å². The fraction of sp³-hybridized carbons (Fsp3) is 0.600. The number of unbranched alkanes of at least 4 members (excludes halogenated alkanes) is 1. The van der Waals surface area contributed by atoms with Gasteiger partial charge in [0, 0.05) is 43.0 Å². The van der Waals surface area contributed by atoms with Gasteiger partial charge in [-0.15, -0.1) is 0 Å². The number of piperidine rings is 1. The fourth-order valence-corrected chi connectivity index (χ4v) is 4.19. The number of aryl methyl sites for hydroxylation is 1. The first kappa shape index (κ1) is 18.9. The second-order valence-corrected chi connectivity index (χ2v) is 7.47. The lowest BCUT2D eigenvalue weighted by molar-refractivity contribution is 0.0922. The molecule has 0 saturated carbocycles.